The summed E-state index contributed by atoms with van der Waals surface area (Å²) in [7, 11) is 0. The van der Waals surface area contributed by atoms with Gasteiger partial charge in [0, 0.05) is 36.5 Å². The third-order valence-electron chi connectivity index (χ3n) is 9.38. The molecule has 1 aliphatic carbocycles. The Morgan fingerprint density at radius 3 is 1.73 bits per heavy atom. The van der Waals surface area contributed by atoms with Crippen LogP contribution in [-0.2, 0) is 9.59 Å². The highest BCUT2D eigenvalue weighted by Crippen LogP contribution is 2.50. The Morgan fingerprint density at radius 2 is 1.20 bits per heavy atom. The predicted octanol–water partition coefficient (Wildman–Crippen LogP) is 10.9. The van der Waals surface area contributed by atoms with Crippen LogP contribution in [0, 0.1) is 11.8 Å². The lowest BCUT2D eigenvalue weighted by molar-refractivity contribution is -0.133. The average Bonchev–Trinajstić information content (AvgIpc) is 2.95. The molecule has 0 N–H and O–H groups in total. The van der Waals surface area contributed by atoms with Gasteiger partial charge in [-0.05, 0) is 46.9 Å². The molecule has 1 fully saturated rings. The lowest BCUT2D eigenvalue weighted by atomic mass is 9.59. The Morgan fingerprint density at radius 1 is 0.700 bits per heavy atom. The van der Waals surface area contributed by atoms with Crippen molar-refractivity contribution in [1.82, 2.24) is 0 Å². The summed E-state index contributed by atoms with van der Waals surface area (Å²) in [5.74, 6) is 1.36. The molecule has 0 saturated heterocycles. The van der Waals surface area contributed by atoms with E-state index in [2.05, 4.69) is 90.1 Å². The van der Waals surface area contributed by atoms with Crippen molar-refractivity contribution < 1.29 is 9.59 Å². The van der Waals surface area contributed by atoms with Crippen molar-refractivity contribution in [2.24, 2.45) is 11.8 Å². The van der Waals surface area contributed by atoms with E-state index in [1.807, 2.05) is 0 Å². The molecular formula is C38H56O2. The van der Waals surface area contributed by atoms with Crippen molar-refractivity contribution in [1.29, 1.82) is 0 Å². The van der Waals surface area contributed by atoms with E-state index < -0.39 is 0 Å². The molecular weight excluding hydrogens is 488 g/mol. The van der Waals surface area contributed by atoms with Gasteiger partial charge in [-0.15, -0.1) is 0 Å². The van der Waals surface area contributed by atoms with Gasteiger partial charge in [0.15, 0.2) is 0 Å². The molecule has 0 bridgehead atoms. The van der Waals surface area contributed by atoms with Crippen LogP contribution < -0.4 is 0 Å². The van der Waals surface area contributed by atoms with Crippen molar-refractivity contribution in [3.05, 3.63) is 70.8 Å². The molecule has 0 radical (unpaired) electrons. The monoisotopic (exact) mass is 544 g/mol. The molecule has 0 amide bonds. The minimum absolute atomic E-state index is 0.0398. The first-order chi connectivity index (χ1) is 19.3. The van der Waals surface area contributed by atoms with E-state index in [9.17, 15) is 9.59 Å². The van der Waals surface area contributed by atoms with E-state index >= 15 is 0 Å². The molecule has 3 rings (SSSR count). The first kappa shape index (κ1) is 32.3. The van der Waals surface area contributed by atoms with Gasteiger partial charge >= 0.3 is 0 Å². The Bertz CT molecular complexity index is 1030. The van der Waals surface area contributed by atoms with Gasteiger partial charge in [0.1, 0.15) is 11.6 Å². The Kier molecular flexibility index (Phi) is 13.1. The Hall–Kier alpha value is -2.22. The van der Waals surface area contributed by atoms with Crippen LogP contribution in [0.5, 0.6) is 0 Å². The number of carbonyl (C=O) groups is 2. The predicted molar refractivity (Wildman–Crippen MR) is 170 cm³/mol. The molecule has 0 spiro atoms. The van der Waals surface area contributed by atoms with Crippen molar-refractivity contribution in [3.8, 4) is 0 Å². The maximum absolute atomic E-state index is 14.3. The van der Waals surface area contributed by atoms with Gasteiger partial charge < -0.3 is 0 Å². The van der Waals surface area contributed by atoms with Crippen molar-refractivity contribution >= 4 is 11.6 Å². The summed E-state index contributed by atoms with van der Waals surface area (Å²) >= 11 is 0. The Balaban J connectivity index is 2.02. The summed E-state index contributed by atoms with van der Waals surface area (Å²) in [6.45, 7) is 13.3. The van der Waals surface area contributed by atoms with Crippen LogP contribution in [0.1, 0.15) is 165 Å². The van der Waals surface area contributed by atoms with E-state index in [4.69, 9.17) is 0 Å². The number of carbonyl (C=O) groups excluding carboxylic acids is 2. The van der Waals surface area contributed by atoms with E-state index in [-0.39, 0.29) is 23.7 Å². The highest BCUT2D eigenvalue weighted by Gasteiger charge is 2.47. The molecule has 0 heterocycles. The minimum atomic E-state index is -0.144. The number of Topliss-reactive ketones (excluding diaryl/α,β-unsaturated/α-hetero) is 2. The van der Waals surface area contributed by atoms with Crippen molar-refractivity contribution in [3.63, 3.8) is 0 Å². The fraction of sp³-hybridized carbons (Fsp3) is 0.632. The zero-order valence-electron chi connectivity index (χ0n) is 26.4. The molecule has 0 unspecified atom stereocenters. The molecule has 0 aliphatic heterocycles. The van der Waals surface area contributed by atoms with Crippen LogP contribution in [0.15, 0.2) is 48.5 Å². The second-order valence-electron chi connectivity index (χ2n) is 13.1. The number of unbranched alkanes of at least 4 members (excludes halogenated alkanes) is 7. The van der Waals surface area contributed by atoms with Gasteiger partial charge in [-0.3, -0.25) is 9.59 Å². The zero-order valence-corrected chi connectivity index (χ0v) is 26.4. The van der Waals surface area contributed by atoms with Gasteiger partial charge in [0.25, 0.3) is 0 Å². The molecule has 2 heteroatoms. The summed E-state index contributed by atoms with van der Waals surface area (Å²) in [4.78, 5) is 28.2. The molecule has 2 aromatic rings. The summed E-state index contributed by atoms with van der Waals surface area (Å²) in [5, 5.41) is 0. The average molecular weight is 545 g/mol. The SMILES string of the molecule is CCCCCCCC(=O)[C@H]1[C@@H](c2ccc(C(C)C)cc2)[C@@H](CCCCCC)C(=O)C[C@H]1c1ccc(C(C)C)cc1. The lowest BCUT2D eigenvalue weighted by Gasteiger charge is -2.42. The first-order valence-electron chi connectivity index (χ1n) is 16.5. The number of rotatable bonds is 16. The lowest BCUT2D eigenvalue weighted by Crippen LogP contribution is -2.42. The largest absolute Gasteiger partial charge is 0.299 e. The maximum atomic E-state index is 14.3. The van der Waals surface area contributed by atoms with Crippen molar-refractivity contribution in [2.45, 2.75) is 142 Å². The molecule has 0 aromatic heterocycles. The van der Waals surface area contributed by atoms with E-state index in [1.165, 1.54) is 48.8 Å². The molecule has 40 heavy (non-hydrogen) atoms. The van der Waals surface area contributed by atoms with Crippen LogP contribution in [0.2, 0.25) is 0 Å². The van der Waals surface area contributed by atoms with E-state index in [0.29, 0.717) is 36.2 Å². The second kappa shape index (κ2) is 16.3. The normalized spacial score (nSPS) is 21.4. The molecule has 4 atom stereocenters. The summed E-state index contributed by atoms with van der Waals surface area (Å²) in [6.07, 6.45) is 12.4. The minimum Gasteiger partial charge on any atom is -0.299 e. The van der Waals surface area contributed by atoms with Gasteiger partial charge in [-0.1, -0.05) is 141 Å². The second-order valence-corrected chi connectivity index (χ2v) is 13.1. The number of benzene rings is 2. The highest BCUT2D eigenvalue weighted by molar-refractivity contribution is 5.90. The number of hydrogen-bond donors (Lipinski definition) is 0. The summed E-state index contributed by atoms with van der Waals surface area (Å²) in [5.41, 5.74) is 4.96. The zero-order chi connectivity index (χ0) is 29.1. The van der Waals surface area contributed by atoms with Crippen LogP contribution in [0.4, 0.5) is 0 Å². The molecule has 2 aromatic carbocycles. The fourth-order valence-electron chi connectivity index (χ4n) is 6.82. The van der Waals surface area contributed by atoms with Crippen LogP contribution in [-0.4, -0.2) is 11.6 Å². The molecule has 2 nitrogen and oxygen atoms in total. The molecule has 1 aliphatic rings. The van der Waals surface area contributed by atoms with Crippen LogP contribution in [0.25, 0.3) is 0 Å². The number of ketones is 2. The maximum Gasteiger partial charge on any atom is 0.137 e. The first-order valence-corrected chi connectivity index (χ1v) is 16.5. The molecule has 1 saturated carbocycles. The highest BCUT2D eigenvalue weighted by atomic mass is 16.1. The van der Waals surface area contributed by atoms with E-state index in [1.54, 1.807) is 0 Å². The fourth-order valence-corrected chi connectivity index (χ4v) is 6.82. The van der Waals surface area contributed by atoms with Gasteiger partial charge in [-0.25, -0.2) is 0 Å². The third-order valence-corrected chi connectivity index (χ3v) is 9.38. The van der Waals surface area contributed by atoms with Crippen molar-refractivity contribution in [2.75, 3.05) is 0 Å². The Labute approximate surface area is 245 Å². The van der Waals surface area contributed by atoms with Gasteiger partial charge in [0.2, 0.25) is 0 Å². The third kappa shape index (κ3) is 8.64. The number of hydrogen-bond acceptors (Lipinski definition) is 2. The van der Waals surface area contributed by atoms with Crippen LogP contribution in [0.3, 0.4) is 0 Å². The van der Waals surface area contributed by atoms with Gasteiger partial charge in [-0.2, -0.15) is 0 Å². The topological polar surface area (TPSA) is 34.1 Å². The quantitative estimate of drug-likeness (QED) is 0.197. The van der Waals surface area contributed by atoms with Gasteiger partial charge in [0.05, 0.1) is 0 Å². The smallest absolute Gasteiger partial charge is 0.137 e. The summed E-state index contributed by atoms with van der Waals surface area (Å²) in [6, 6.07) is 17.7. The standard InChI is InChI=1S/C38H56O2/c1-7-9-11-13-15-17-35(39)38-34(31-22-18-29(19-23-31)27(3)4)26-36(40)33(16-14-12-10-8-2)37(38)32-24-20-30(21-25-32)28(5)6/h18-25,27-28,33-34,37-38H,7-17,26H2,1-6H3/t33-,34-,37-,38-/m0/s1. The van der Waals surface area contributed by atoms with Crippen LogP contribution >= 0.6 is 0 Å². The summed E-state index contributed by atoms with van der Waals surface area (Å²) < 4.78 is 0. The molecule has 220 valence electrons. The van der Waals surface area contributed by atoms with E-state index in [0.717, 1.165) is 37.7 Å².